The Balaban J connectivity index is 4.76. The minimum absolute atomic E-state index is 0.713. The summed E-state index contributed by atoms with van der Waals surface area (Å²) in [5, 5.41) is 0. The molecule has 0 nitrogen and oxygen atoms in total. The molecule has 0 N–H and O–H groups in total. The Kier molecular flexibility index (Phi) is 6.96. The molecule has 0 aliphatic heterocycles. The number of rotatable bonds is 6. The van der Waals surface area contributed by atoms with Crippen molar-refractivity contribution >= 4 is 0 Å². The van der Waals surface area contributed by atoms with E-state index in [1.165, 1.54) is 19.3 Å². The molecule has 0 rings (SSSR count). The van der Waals surface area contributed by atoms with Crippen LogP contribution < -0.4 is 0 Å². The molecule has 0 spiro atoms. The average molecular weight is 210 g/mol. The summed E-state index contributed by atoms with van der Waals surface area (Å²) >= 11 is 0. The van der Waals surface area contributed by atoms with E-state index in [1.807, 2.05) is 0 Å². The van der Waals surface area contributed by atoms with E-state index in [0.717, 1.165) is 11.8 Å². The molecule has 90 valence electrons. The van der Waals surface area contributed by atoms with Gasteiger partial charge in [0.25, 0.3) is 0 Å². The molecule has 1 atom stereocenters. The lowest BCUT2D eigenvalue weighted by Gasteiger charge is -2.23. The van der Waals surface area contributed by atoms with E-state index >= 15 is 0 Å². The number of allylic oxidation sites excluding steroid dienone is 2. The van der Waals surface area contributed by atoms with E-state index in [4.69, 9.17) is 0 Å². The van der Waals surface area contributed by atoms with Crippen molar-refractivity contribution in [2.24, 2.45) is 17.8 Å². The van der Waals surface area contributed by atoms with Crippen molar-refractivity contribution in [3.8, 4) is 0 Å². The molecule has 0 aliphatic carbocycles. The molecular formula is C15H30. The summed E-state index contributed by atoms with van der Waals surface area (Å²) in [4.78, 5) is 0. The molecule has 0 aromatic rings. The van der Waals surface area contributed by atoms with Crippen LogP contribution >= 0.6 is 0 Å². The largest absolute Gasteiger partial charge is 0.0733 e. The lowest BCUT2D eigenvalue weighted by Crippen LogP contribution is -2.09. The van der Waals surface area contributed by atoms with Crippen LogP contribution in [0.4, 0.5) is 0 Å². The van der Waals surface area contributed by atoms with Crippen LogP contribution in [0.2, 0.25) is 0 Å². The predicted octanol–water partition coefficient (Wildman–Crippen LogP) is 5.44. The Hall–Kier alpha value is -0.260. The third-order valence-electron chi connectivity index (χ3n) is 3.08. The van der Waals surface area contributed by atoms with Crippen LogP contribution in [0.5, 0.6) is 0 Å². The van der Waals surface area contributed by atoms with E-state index in [-0.39, 0.29) is 0 Å². The highest BCUT2D eigenvalue weighted by Crippen LogP contribution is 2.29. The predicted molar refractivity (Wildman–Crippen MR) is 71.1 cm³/mol. The molecule has 0 aliphatic rings. The summed E-state index contributed by atoms with van der Waals surface area (Å²) in [6, 6.07) is 0. The number of hydrogen-bond acceptors (Lipinski definition) is 0. The van der Waals surface area contributed by atoms with Gasteiger partial charge in [0.05, 0.1) is 0 Å². The van der Waals surface area contributed by atoms with E-state index in [9.17, 15) is 0 Å². The van der Waals surface area contributed by atoms with E-state index in [1.54, 1.807) is 11.1 Å². The van der Waals surface area contributed by atoms with Crippen molar-refractivity contribution in [3.63, 3.8) is 0 Å². The van der Waals surface area contributed by atoms with Gasteiger partial charge in [-0.2, -0.15) is 0 Å². The van der Waals surface area contributed by atoms with Gasteiger partial charge in [0.15, 0.2) is 0 Å². The summed E-state index contributed by atoms with van der Waals surface area (Å²) in [5.41, 5.74) is 3.35. The van der Waals surface area contributed by atoms with Gasteiger partial charge in [-0.15, -0.1) is 0 Å². The molecule has 0 amide bonds. The summed E-state index contributed by atoms with van der Waals surface area (Å²) in [6.07, 6.45) is 3.90. The minimum Gasteiger partial charge on any atom is -0.0733 e. The molecule has 0 fully saturated rings. The Labute approximate surface area is 97.2 Å². The van der Waals surface area contributed by atoms with Gasteiger partial charge in [0, 0.05) is 0 Å². The molecule has 0 saturated heterocycles. The third-order valence-corrected chi connectivity index (χ3v) is 3.08. The van der Waals surface area contributed by atoms with Crippen molar-refractivity contribution in [2.75, 3.05) is 0 Å². The van der Waals surface area contributed by atoms with Gasteiger partial charge in [-0.25, -0.2) is 0 Å². The van der Waals surface area contributed by atoms with Crippen LogP contribution in [0.1, 0.15) is 67.7 Å². The van der Waals surface area contributed by atoms with Crippen molar-refractivity contribution in [1.82, 2.24) is 0 Å². The molecule has 0 heteroatoms. The maximum absolute atomic E-state index is 2.39. The molecule has 0 saturated carbocycles. The summed E-state index contributed by atoms with van der Waals surface area (Å²) in [6.45, 7) is 16.3. The quantitative estimate of drug-likeness (QED) is 0.512. The zero-order valence-electron chi connectivity index (χ0n) is 11.9. The first kappa shape index (κ1) is 14.7. The van der Waals surface area contributed by atoms with E-state index in [2.05, 4.69) is 48.5 Å². The fourth-order valence-corrected chi connectivity index (χ4v) is 2.80. The maximum Gasteiger partial charge on any atom is -0.0227 e. The van der Waals surface area contributed by atoms with Gasteiger partial charge in [-0.1, -0.05) is 59.1 Å². The highest BCUT2D eigenvalue weighted by molar-refractivity contribution is 5.17. The van der Waals surface area contributed by atoms with Crippen LogP contribution in [-0.2, 0) is 0 Å². The molecular weight excluding hydrogens is 180 g/mol. The Morgan fingerprint density at radius 1 is 1.00 bits per heavy atom. The van der Waals surface area contributed by atoms with Crippen molar-refractivity contribution in [1.29, 1.82) is 0 Å². The van der Waals surface area contributed by atoms with Crippen LogP contribution in [0.15, 0.2) is 11.1 Å². The fourth-order valence-electron chi connectivity index (χ4n) is 2.80. The van der Waals surface area contributed by atoms with Gasteiger partial charge in [0.2, 0.25) is 0 Å². The first-order chi connectivity index (χ1) is 6.90. The summed E-state index contributed by atoms with van der Waals surface area (Å²) < 4.78 is 0. The van der Waals surface area contributed by atoms with Crippen molar-refractivity contribution in [2.45, 2.75) is 67.7 Å². The molecule has 15 heavy (non-hydrogen) atoms. The second-order valence-corrected chi connectivity index (χ2v) is 5.68. The van der Waals surface area contributed by atoms with Crippen LogP contribution in [0.25, 0.3) is 0 Å². The van der Waals surface area contributed by atoms with Crippen molar-refractivity contribution < 1.29 is 0 Å². The molecule has 0 heterocycles. The zero-order chi connectivity index (χ0) is 12.0. The third kappa shape index (κ3) is 5.39. The monoisotopic (exact) mass is 210 g/mol. The van der Waals surface area contributed by atoms with Crippen molar-refractivity contribution in [3.05, 3.63) is 11.1 Å². The molecule has 0 aromatic heterocycles. The molecule has 0 aromatic carbocycles. The van der Waals surface area contributed by atoms with Gasteiger partial charge in [-0.05, 0) is 37.5 Å². The van der Waals surface area contributed by atoms with Gasteiger partial charge >= 0.3 is 0 Å². The normalized spacial score (nSPS) is 15.8. The summed E-state index contributed by atoms with van der Waals surface area (Å²) in [5.74, 6) is 2.27. The highest BCUT2D eigenvalue weighted by atomic mass is 14.2. The van der Waals surface area contributed by atoms with Gasteiger partial charge in [-0.3, -0.25) is 0 Å². The molecule has 0 bridgehead atoms. The topological polar surface area (TPSA) is 0 Å². The van der Waals surface area contributed by atoms with Crippen LogP contribution in [0, 0.1) is 17.8 Å². The standard InChI is InChI=1S/C15H30/c1-8-9-13(6)15(12(4)5)14(7)10-11(2)3/h11-13H,8-10H2,1-7H3/b15-14+. The van der Waals surface area contributed by atoms with Gasteiger partial charge < -0.3 is 0 Å². The van der Waals surface area contributed by atoms with Crippen LogP contribution in [-0.4, -0.2) is 0 Å². The Morgan fingerprint density at radius 3 is 1.87 bits per heavy atom. The lowest BCUT2D eigenvalue weighted by atomic mass is 9.83. The van der Waals surface area contributed by atoms with Crippen LogP contribution in [0.3, 0.4) is 0 Å². The average Bonchev–Trinajstić information content (AvgIpc) is 2.01. The van der Waals surface area contributed by atoms with E-state index < -0.39 is 0 Å². The molecule has 1 unspecified atom stereocenters. The first-order valence-corrected chi connectivity index (χ1v) is 6.59. The highest BCUT2D eigenvalue weighted by Gasteiger charge is 2.15. The zero-order valence-corrected chi connectivity index (χ0v) is 11.9. The lowest BCUT2D eigenvalue weighted by molar-refractivity contribution is 0.517. The fraction of sp³-hybridized carbons (Fsp3) is 0.867. The summed E-state index contributed by atoms with van der Waals surface area (Å²) in [7, 11) is 0. The van der Waals surface area contributed by atoms with E-state index in [0.29, 0.717) is 5.92 Å². The second-order valence-electron chi connectivity index (χ2n) is 5.68. The smallest absolute Gasteiger partial charge is 0.0227 e. The molecule has 0 radical (unpaired) electrons. The Morgan fingerprint density at radius 2 is 1.53 bits per heavy atom. The minimum atomic E-state index is 0.713. The SMILES string of the molecule is CCCC(C)/C(=C(\C)CC(C)C)C(C)C. The van der Waals surface area contributed by atoms with Gasteiger partial charge in [0.1, 0.15) is 0 Å². The second kappa shape index (κ2) is 7.09. The Bertz CT molecular complexity index is 196. The first-order valence-electron chi connectivity index (χ1n) is 6.59. The maximum atomic E-state index is 2.39. The number of hydrogen-bond donors (Lipinski definition) is 0.